The predicted molar refractivity (Wildman–Crippen MR) is 69.3 cm³/mol. The maximum Gasteiger partial charge on any atom is 0.141 e. The molecule has 0 radical (unpaired) electrons. The Hall–Kier alpha value is -1.38. The van der Waals surface area contributed by atoms with E-state index in [0.29, 0.717) is 6.42 Å². The van der Waals surface area contributed by atoms with Gasteiger partial charge in [-0.15, -0.1) is 0 Å². The molecule has 0 unspecified atom stereocenters. The zero-order valence-electron chi connectivity index (χ0n) is 9.61. The zero-order chi connectivity index (χ0) is 12.7. The fourth-order valence-electron chi connectivity index (χ4n) is 2.65. The van der Waals surface area contributed by atoms with Crippen molar-refractivity contribution in [2.24, 2.45) is 0 Å². The Kier molecular flexibility index (Phi) is 2.84. The van der Waals surface area contributed by atoms with Gasteiger partial charge in [0.25, 0.3) is 0 Å². The van der Waals surface area contributed by atoms with Crippen LogP contribution in [-0.4, -0.2) is 5.11 Å². The van der Waals surface area contributed by atoms with Crippen LogP contribution in [0.25, 0.3) is 0 Å². The van der Waals surface area contributed by atoms with Crippen molar-refractivity contribution in [1.29, 1.82) is 0 Å². The monoisotopic (exact) mass is 262 g/mol. The Labute approximate surface area is 110 Å². The second-order valence-electron chi connectivity index (χ2n) is 4.61. The minimum absolute atomic E-state index is 0.0919. The Morgan fingerprint density at radius 1 is 1.11 bits per heavy atom. The lowest BCUT2D eigenvalue weighted by atomic mass is 9.93. The summed E-state index contributed by atoms with van der Waals surface area (Å²) in [5.74, 6) is -0.318. The van der Waals surface area contributed by atoms with Gasteiger partial charge in [-0.3, -0.25) is 0 Å². The molecule has 2 atom stereocenters. The van der Waals surface area contributed by atoms with Crippen LogP contribution in [0.5, 0.6) is 0 Å². The first-order valence-electron chi connectivity index (χ1n) is 5.88. The number of fused-ring (bicyclic) bond motifs is 1. The van der Waals surface area contributed by atoms with Gasteiger partial charge in [-0.05, 0) is 35.2 Å². The first-order valence-corrected chi connectivity index (χ1v) is 6.26. The van der Waals surface area contributed by atoms with E-state index >= 15 is 0 Å². The van der Waals surface area contributed by atoms with Crippen molar-refractivity contribution in [2.75, 3.05) is 0 Å². The molecule has 0 saturated carbocycles. The van der Waals surface area contributed by atoms with Crippen molar-refractivity contribution in [1.82, 2.24) is 0 Å². The van der Waals surface area contributed by atoms with Gasteiger partial charge in [-0.1, -0.05) is 41.9 Å². The van der Waals surface area contributed by atoms with Crippen LogP contribution in [0.3, 0.4) is 0 Å². The van der Waals surface area contributed by atoms with Crippen molar-refractivity contribution in [3.63, 3.8) is 0 Å². The minimum atomic E-state index is -0.449. The number of rotatable bonds is 1. The molecule has 0 fully saturated rings. The number of aliphatic hydroxyl groups is 1. The molecule has 2 aromatic rings. The smallest absolute Gasteiger partial charge is 0.141 e. The fraction of sp³-hybridized carbons (Fsp3) is 0.200. The molecule has 2 aromatic carbocycles. The summed E-state index contributed by atoms with van der Waals surface area (Å²) < 4.78 is 13.2. The Bertz CT molecular complexity index is 597. The first-order chi connectivity index (χ1) is 8.66. The molecule has 1 aliphatic rings. The Morgan fingerprint density at radius 3 is 2.56 bits per heavy atom. The molecule has 3 heteroatoms. The first kappa shape index (κ1) is 11.7. The molecule has 0 bridgehead atoms. The lowest BCUT2D eigenvalue weighted by Crippen LogP contribution is -1.97. The molecule has 0 amide bonds. The molecule has 18 heavy (non-hydrogen) atoms. The van der Waals surface area contributed by atoms with Gasteiger partial charge in [-0.2, -0.15) is 0 Å². The summed E-state index contributed by atoms with van der Waals surface area (Å²) in [6, 6.07) is 12.6. The van der Waals surface area contributed by atoms with E-state index in [9.17, 15) is 9.50 Å². The highest BCUT2D eigenvalue weighted by atomic mass is 35.5. The van der Waals surface area contributed by atoms with Crippen LogP contribution >= 0.6 is 11.6 Å². The van der Waals surface area contributed by atoms with Crippen LogP contribution in [0.4, 0.5) is 4.39 Å². The highest BCUT2D eigenvalue weighted by molar-refractivity contribution is 6.30. The average molecular weight is 263 g/mol. The molecule has 0 spiro atoms. The van der Waals surface area contributed by atoms with Crippen LogP contribution in [0.15, 0.2) is 42.5 Å². The van der Waals surface area contributed by atoms with E-state index in [1.807, 2.05) is 24.3 Å². The van der Waals surface area contributed by atoms with Gasteiger partial charge in [-0.25, -0.2) is 4.39 Å². The largest absolute Gasteiger partial charge is 0.388 e. The third-order valence-corrected chi connectivity index (χ3v) is 3.83. The maximum atomic E-state index is 13.2. The van der Waals surface area contributed by atoms with E-state index in [-0.39, 0.29) is 10.9 Å². The third-order valence-electron chi connectivity index (χ3n) is 3.54. The highest BCUT2D eigenvalue weighted by Gasteiger charge is 2.30. The molecule has 3 rings (SSSR count). The topological polar surface area (TPSA) is 20.2 Å². The summed E-state index contributed by atoms with van der Waals surface area (Å²) in [4.78, 5) is 0. The molecule has 0 aromatic heterocycles. The Balaban J connectivity index is 2.06. The van der Waals surface area contributed by atoms with Crippen LogP contribution in [0.1, 0.15) is 35.1 Å². The number of benzene rings is 2. The summed E-state index contributed by atoms with van der Waals surface area (Å²) >= 11 is 5.82. The molecule has 1 nitrogen and oxygen atoms in total. The molecule has 0 heterocycles. The summed E-state index contributed by atoms with van der Waals surface area (Å²) in [6.07, 6.45) is 0.177. The van der Waals surface area contributed by atoms with Gasteiger partial charge in [0.05, 0.1) is 11.1 Å². The molecule has 1 N–H and O–H groups in total. The number of halogens is 2. The van der Waals surface area contributed by atoms with E-state index < -0.39 is 11.9 Å². The SMILES string of the molecule is O[C@H]1C[C@@H](c2ccc(F)c(Cl)c2)c2ccccc21. The summed E-state index contributed by atoms with van der Waals surface area (Å²) in [5, 5.41) is 10.2. The molecular weight excluding hydrogens is 251 g/mol. The number of hydrogen-bond donors (Lipinski definition) is 1. The van der Waals surface area contributed by atoms with Gasteiger partial charge in [0.2, 0.25) is 0 Å². The lowest BCUT2D eigenvalue weighted by Gasteiger charge is -2.12. The minimum Gasteiger partial charge on any atom is -0.388 e. The average Bonchev–Trinajstić information content (AvgIpc) is 2.71. The van der Waals surface area contributed by atoms with E-state index in [0.717, 1.165) is 16.7 Å². The van der Waals surface area contributed by atoms with E-state index in [1.54, 1.807) is 12.1 Å². The Morgan fingerprint density at radius 2 is 1.83 bits per heavy atom. The van der Waals surface area contributed by atoms with Crippen molar-refractivity contribution in [3.05, 3.63) is 70.0 Å². The number of hydrogen-bond acceptors (Lipinski definition) is 1. The van der Waals surface area contributed by atoms with Gasteiger partial charge < -0.3 is 5.11 Å². The summed E-state index contributed by atoms with van der Waals surface area (Å²) in [5.41, 5.74) is 3.01. The number of aliphatic hydroxyl groups excluding tert-OH is 1. The molecule has 1 aliphatic carbocycles. The van der Waals surface area contributed by atoms with Crippen molar-refractivity contribution in [2.45, 2.75) is 18.4 Å². The quantitative estimate of drug-likeness (QED) is 0.822. The van der Waals surface area contributed by atoms with Gasteiger partial charge in [0.15, 0.2) is 0 Å². The van der Waals surface area contributed by atoms with E-state index in [4.69, 9.17) is 11.6 Å². The lowest BCUT2D eigenvalue weighted by molar-refractivity contribution is 0.176. The fourth-order valence-corrected chi connectivity index (χ4v) is 2.84. The third kappa shape index (κ3) is 1.82. The van der Waals surface area contributed by atoms with Crippen molar-refractivity contribution in [3.8, 4) is 0 Å². The van der Waals surface area contributed by atoms with E-state index in [1.165, 1.54) is 6.07 Å². The summed E-state index contributed by atoms with van der Waals surface area (Å²) in [7, 11) is 0. The van der Waals surface area contributed by atoms with Crippen LogP contribution in [0.2, 0.25) is 5.02 Å². The summed E-state index contributed by atoms with van der Waals surface area (Å²) in [6.45, 7) is 0. The van der Waals surface area contributed by atoms with Gasteiger partial charge >= 0.3 is 0 Å². The zero-order valence-corrected chi connectivity index (χ0v) is 10.4. The second kappa shape index (κ2) is 4.38. The highest BCUT2D eigenvalue weighted by Crippen LogP contribution is 2.44. The van der Waals surface area contributed by atoms with Gasteiger partial charge in [0, 0.05) is 5.92 Å². The standard InChI is InChI=1S/C15H12ClFO/c16-13-7-9(5-6-14(13)17)12-8-15(18)11-4-2-1-3-10(11)12/h1-7,12,15,18H,8H2/t12-,15-/m0/s1. The molecular formula is C15H12ClFO. The predicted octanol–water partition coefficient (Wildman–Crippen LogP) is 4.05. The van der Waals surface area contributed by atoms with Crippen LogP contribution in [0, 0.1) is 5.82 Å². The molecule has 92 valence electrons. The van der Waals surface area contributed by atoms with Crippen molar-refractivity contribution < 1.29 is 9.50 Å². The maximum absolute atomic E-state index is 13.2. The molecule has 0 saturated heterocycles. The molecule has 0 aliphatic heterocycles. The van der Waals surface area contributed by atoms with Crippen molar-refractivity contribution >= 4 is 11.6 Å². The second-order valence-corrected chi connectivity index (χ2v) is 5.01. The van der Waals surface area contributed by atoms with Crippen LogP contribution in [-0.2, 0) is 0 Å². The normalized spacial score (nSPS) is 21.9. The van der Waals surface area contributed by atoms with Crippen LogP contribution < -0.4 is 0 Å². The van der Waals surface area contributed by atoms with E-state index in [2.05, 4.69) is 0 Å². The van der Waals surface area contributed by atoms with Gasteiger partial charge in [0.1, 0.15) is 5.82 Å².